The van der Waals surface area contributed by atoms with Crippen LogP contribution in [0.15, 0.2) is 21.8 Å². The van der Waals surface area contributed by atoms with Gasteiger partial charge >= 0.3 is 0 Å². The Balaban J connectivity index is 0. The van der Waals surface area contributed by atoms with E-state index in [1.165, 1.54) is 0 Å². The van der Waals surface area contributed by atoms with Crippen LogP contribution in [-0.2, 0) is 0 Å². The maximum absolute atomic E-state index is 4.01. The lowest BCUT2D eigenvalue weighted by molar-refractivity contribution is 1.14. The van der Waals surface area contributed by atoms with Crippen molar-refractivity contribution in [1.29, 1.82) is 0 Å². The predicted octanol–water partition coefficient (Wildman–Crippen LogP) is 2.71. The molecule has 0 atom stereocenters. The first kappa shape index (κ1) is 12.7. The molecule has 0 aliphatic carbocycles. The van der Waals surface area contributed by atoms with E-state index in [1.54, 1.807) is 12.4 Å². The molecule has 0 radical (unpaired) electrons. The average molecular weight is 154 g/mol. The van der Waals surface area contributed by atoms with Gasteiger partial charge in [0, 0.05) is 19.0 Å². The Morgan fingerprint density at radius 1 is 1.45 bits per heavy atom. The minimum absolute atomic E-state index is 0.822. The van der Waals surface area contributed by atoms with Gasteiger partial charge in [0.05, 0.1) is 0 Å². The Hall–Kier alpha value is -0.920. The smallest absolute Gasteiger partial charge is 0.0361 e. The van der Waals surface area contributed by atoms with Crippen LogP contribution in [0.1, 0.15) is 27.7 Å². The highest BCUT2D eigenvalue weighted by Crippen LogP contribution is 1.86. The SMILES string of the molecule is C=N/C=C(/C)C=NCC.CC. The third-order valence-electron chi connectivity index (χ3n) is 0.772. The lowest BCUT2D eigenvalue weighted by Gasteiger charge is -1.84. The second-order valence-electron chi connectivity index (χ2n) is 1.68. The summed E-state index contributed by atoms with van der Waals surface area (Å²) in [7, 11) is 0. The molecule has 0 spiro atoms. The Kier molecular flexibility index (Phi) is 13.7. The van der Waals surface area contributed by atoms with E-state index in [0.29, 0.717) is 0 Å². The maximum atomic E-state index is 4.01. The van der Waals surface area contributed by atoms with Crippen LogP contribution in [0.5, 0.6) is 0 Å². The summed E-state index contributed by atoms with van der Waals surface area (Å²) in [6.07, 6.45) is 3.47. The minimum atomic E-state index is 0.822. The van der Waals surface area contributed by atoms with Gasteiger partial charge in [-0.1, -0.05) is 13.8 Å². The summed E-state index contributed by atoms with van der Waals surface area (Å²) in [5, 5.41) is 0. The van der Waals surface area contributed by atoms with Crippen LogP contribution in [-0.4, -0.2) is 19.5 Å². The van der Waals surface area contributed by atoms with Crippen LogP contribution >= 0.6 is 0 Å². The first-order valence-corrected chi connectivity index (χ1v) is 3.93. The first-order chi connectivity index (χ1) is 5.31. The second-order valence-corrected chi connectivity index (χ2v) is 1.68. The molecule has 0 amide bonds. The van der Waals surface area contributed by atoms with Gasteiger partial charge in [-0.2, -0.15) is 0 Å². The van der Waals surface area contributed by atoms with Crippen molar-refractivity contribution in [2.75, 3.05) is 6.54 Å². The van der Waals surface area contributed by atoms with Crippen LogP contribution in [0, 0.1) is 0 Å². The molecular formula is C9H18N2. The Bertz CT molecular complexity index is 134. The van der Waals surface area contributed by atoms with E-state index in [2.05, 4.69) is 16.7 Å². The van der Waals surface area contributed by atoms with Crippen LogP contribution in [0.25, 0.3) is 0 Å². The number of hydrogen-bond donors (Lipinski definition) is 0. The van der Waals surface area contributed by atoms with E-state index in [1.807, 2.05) is 27.7 Å². The average Bonchev–Trinajstić information content (AvgIpc) is 2.05. The quantitative estimate of drug-likeness (QED) is 0.558. The van der Waals surface area contributed by atoms with Gasteiger partial charge in [0.2, 0.25) is 0 Å². The molecule has 0 rings (SSSR count). The molecule has 0 bridgehead atoms. The largest absolute Gasteiger partial charge is 0.293 e. The van der Waals surface area contributed by atoms with Crippen LogP contribution in [0.4, 0.5) is 0 Å². The van der Waals surface area contributed by atoms with Crippen LogP contribution < -0.4 is 0 Å². The fourth-order valence-corrected chi connectivity index (χ4v) is 0.413. The van der Waals surface area contributed by atoms with Crippen LogP contribution in [0.2, 0.25) is 0 Å². The highest BCUT2D eigenvalue weighted by Gasteiger charge is 1.75. The molecule has 0 aliphatic rings. The zero-order valence-electron chi connectivity index (χ0n) is 7.96. The number of allylic oxidation sites excluding steroid dienone is 1. The lowest BCUT2D eigenvalue weighted by Crippen LogP contribution is -1.77. The normalized spacial score (nSPS) is 10.7. The summed E-state index contributed by atoms with van der Waals surface area (Å²) in [6.45, 7) is 12.1. The van der Waals surface area contributed by atoms with Gasteiger partial charge in [0.15, 0.2) is 0 Å². The fraction of sp³-hybridized carbons (Fsp3) is 0.556. The molecule has 64 valence electrons. The van der Waals surface area contributed by atoms with Crippen molar-refractivity contribution in [3.05, 3.63) is 11.8 Å². The van der Waals surface area contributed by atoms with Gasteiger partial charge in [-0.25, -0.2) is 0 Å². The summed E-state index contributed by atoms with van der Waals surface area (Å²) < 4.78 is 0. The molecule has 0 saturated heterocycles. The highest BCUT2D eigenvalue weighted by molar-refractivity contribution is 5.77. The zero-order valence-corrected chi connectivity index (χ0v) is 7.96. The zero-order chi connectivity index (χ0) is 9.11. The molecule has 0 unspecified atom stereocenters. The van der Waals surface area contributed by atoms with E-state index in [0.717, 1.165) is 12.1 Å². The standard InChI is InChI=1S/C7H12N2.C2H6/c1-4-9-6-7(2)5-8-3;1-2/h5-6H,3-4H2,1-2H3;1-2H3/b7-5-,9-6?;. The van der Waals surface area contributed by atoms with Gasteiger partial charge in [-0.15, -0.1) is 0 Å². The molecule has 0 heterocycles. The molecule has 0 N–H and O–H groups in total. The molecule has 2 heteroatoms. The van der Waals surface area contributed by atoms with Crippen LogP contribution in [0.3, 0.4) is 0 Å². The van der Waals surface area contributed by atoms with Gasteiger partial charge in [0.25, 0.3) is 0 Å². The van der Waals surface area contributed by atoms with Crippen molar-refractivity contribution < 1.29 is 0 Å². The minimum Gasteiger partial charge on any atom is -0.293 e. The number of aliphatic imine (C=N–C) groups is 2. The van der Waals surface area contributed by atoms with Crippen molar-refractivity contribution in [3.63, 3.8) is 0 Å². The van der Waals surface area contributed by atoms with Crippen molar-refractivity contribution in [2.45, 2.75) is 27.7 Å². The van der Waals surface area contributed by atoms with E-state index in [9.17, 15) is 0 Å². The summed E-state index contributed by atoms with van der Waals surface area (Å²) in [5.74, 6) is 0. The molecular weight excluding hydrogens is 136 g/mol. The third-order valence-corrected chi connectivity index (χ3v) is 0.772. The molecule has 0 fully saturated rings. The molecule has 0 aromatic carbocycles. The van der Waals surface area contributed by atoms with E-state index in [4.69, 9.17) is 0 Å². The van der Waals surface area contributed by atoms with Gasteiger partial charge < -0.3 is 0 Å². The molecule has 11 heavy (non-hydrogen) atoms. The third kappa shape index (κ3) is 12.3. The van der Waals surface area contributed by atoms with Gasteiger partial charge in [0.1, 0.15) is 0 Å². The maximum Gasteiger partial charge on any atom is 0.0361 e. The Morgan fingerprint density at radius 2 is 2.00 bits per heavy atom. The second kappa shape index (κ2) is 11.8. The number of nitrogens with zero attached hydrogens (tertiary/aromatic N) is 2. The van der Waals surface area contributed by atoms with Crippen molar-refractivity contribution in [1.82, 2.24) is 0 Å². The molecule has 0 saturated carbocycles. The topological polar surface area (TPSA) is 24.7 Å². The van der Waals surface area contributed by atoms with Crippen molar-refractivity contribution >= 4 is 12.9 Å². The molecule has 2 nitrogen and oxygen atoms in total. The molecule has 0 aromatic rings. The van der Waals surface area contributed by atoms with E-state index in [-0.39, 0.29) is 0 Å². The number of hydrogen-bond acceptors (Lipinski definition) is 2. The first-order valence-electron chi connectivity index (χ1n) is 3.93. The number of rotatable bonds is 3. The van der Waals surface area contributed by atoms with E-state index >= 15 is 0 Å². The highest BCUT2D eigenvalue weighted by atomic mass is 14.7. The summed E-state index contributed by atoms with van der Waals surface area (Å²) in [4.78, 5) is 7.59. The van der Waals surface area contributed by atoms with Crippen molar-refractivity contribution in [3.8, 4) is 0 Å². The lowest BCUT2D eigenvalue weighted by atomic mass is 10.4. The monoisotopic (exact) mass is 154 g/mol. The Morgan fingerprint density at radius 3 is 2.36 bits per heavy atom. The predicted molar refractivity (Wildman–Crippen MR) is 53.7 cm³/mol. The Labute approximate surface area is 69.8 Å². The molecule has 0 aromatic heterocycles. The molecule has 0 aliphatic heterocycles. The van der Waals surface area contributed by atoms with E-state index < -0.39 is 0 Å². The van der Waals surface area contributed by atoms with Gasteiger partial charge in [-0.05, 0) is 26.1 Å². The fourth-order valence-electron chi connectivity index (χ4n) is 0.413. The van der Waals surface area contributed by atoms with Crippen molar-refractivity contribution in [2.24, 2.45) is 9.98 Å². The summed E-state index contributed by atoms with van der Waals surface area (Å²) in [5.41, 5.74) is 1.03. The summed E-state index contributed by atoms with van der Waals surface area (Å²) >= 11 is 0. The van der Waals surface area contributed by atoms with Gasteiger partial charge in [-0.3, -0.25) is 9.98 Å². The summed E-state index contributed by atoms with van der Waals surface area (Å²) in [6, 6.07) is 0.